The average molecular weight is 447 g/mol. The summed E-state index contributed by atoms with van der Waals surface area (Å²) in [6, 6.07) is 17.1. The number of urea groups is 1. The molecule has 2 amide bonds. The summed E-state index contributed by atoms with van der Waals surface area (Å²) in [7, 11) is 1.98. The minimum absolute atomic E-state index is 0.0683. The van der Waals surface area contributed by atoms with E-state index in [1.54, 1.807) is 10.7 Å². The molecule has 7 nitrogen and oxygen atoms in total. The third-order valence-electron chi connectivity index (χ3n) is 4.88. The molecular formula is C23H24BClN6O. The second-order valence-electron chi connectivity index (χ2n) is 7.88. The number of nitrogens with zero attached hydrogens (tertiary/aromatic N) is 3. The number of nitrogens with one attached hydrogen (secondary N) is 3. The van der Waals surface area contributed by atoms with Gasteiger partial charge in [0, 0.05) is 41.1 Å². The van der Waals surface area contributed by atoms with Gasteiger partial charge in [-0.25, -0.2) is 9.78 Å². The highest BCUT2D eigenvalue weighted by atomic mass is 35.5. The van der Waals surface area contributed by atoms with Crippen molar-refractivity contribution in [1.82, 2.24) is 19.9 Å². The number of rotatable bonds is 6. The Morgan fingerprint density at radius 1 is 1.16 bits per heavy atom. The van der Waals surface area contributed by atoms with Crippen molar-refractivity contribution < 1.29 is 4.79 Å². The van der Waals surface area contributed by atoms with Crippen molar-refractivity contribution in [3.8, 4) is 11.3 Å². The van der Waals surface area contributed by atoms with E-state index in [0.29, 0.717) is 11.6 Å². The fraction of sp³-hybridized carbons (Fsp3) is 0.174. The van der Waals surface area contributed by atoms with Gasteiger partial charge in [-0.15, -0.1) is 0 Å². The van der Waals surface area contributed by atoms with Crippen molar-refractivity contribution in [2.24, 2.45) is 0 Å². The summed E-state index contributed by atoms with van der Waals surface area (Å²) in [5, 5.41) is 14.2. The van der Waals surface area contributed by atoms with Gasteiger partial charge in [0.05, 0.1) is 5.69 Å². The molecule has 0 saturated heterocycles. The van der Waals surface area contributed by atoms with Gasteiger partial charge >= 0.3 is 6.03 Å². The number of carbonyl (C=O) groups is 1. The normalized spacial score (nSPS) is 11.0. The molecule has 3 N–H and O–H groups in total. The van der Waals surface area contributed by atoms with Gasteiger partial charge in [0.1, 0.15) is 13.7 Å². The van der Waals surface area contributed by atoms with Crippen molar-refractivity contribution in [3.05, 3.63) is 71.4 Å². The molecule has 0 spiro atoms. The van der Waals surface area contributed by atoms with E-state index >= 15 is 0 Å². The molecule has 162 valence electrons. The Kier molecular flexibility index (Phi) is 6.32. The Labute approximate surface area is 192 Å². The van der Waals surface area contributed by atoms with E-state index < -0.39 is 0 Å². The highest BCUT2D eigenvalue weighted by Crippen LogP contribution is 2.28. The monoisotopic (exact) mass is 446 g/mol. The Bertz CT molecular complexity index is 1270. The Hall–Kier alpha value is -3.52. The van der Waals surface area contributed by atoms with Crippen molar-refractivity contribution in [1.29, 1.82) is 0 Å². The fourth-order valence-electron chi connectivity index (χ4n) is 3.39. The molecule has 0 fully saturated rings. The summed E-state index contributed by atoms with van der Waals surface area (Å²) in [6.07, 6.45) is 1.79. The summed E-state index contributed by atoms with van der Waals surface area (Å²) >= 11 is 6.42. The van der Waals surface area contributed by atoms with Crippen LogP contribution in [0.25, 0.3) is 16.9 Å². The van der Waals surface area contributed by atoms with Crippen molar-refractivity contribution in [2.75, 3.05) is 10.6 Å². The molecule has 0 atom stereocenters. The number of halogens is 1. The van der Waals surface area contributed by atoms with Crippen LogP contribution in [-0.4, -0.2) is 34.5 Å². The summed E-state index contributed by atoms with van der Waals surface area (Å²) in [5.74, 6) is 0.800. The fourth-order valence-corrected chi connectivity index (χ4v) is 3.62. The van der Waals surface area contributed by atoms with E-state index in [0.717, 1.165) is 39.4 Å². The van der Waals surface area contributed by atoms with E-state index in [1.165, 1.54) is 0 Å². The predicted molar refractivity (Wildman–Crippen MR) is 133 cm³/mol. The maximum atomic E-state index is 12.0. The summed E-state index contributed by atoms with van der Waals surface area (Å²) < 4.78 is 1.79. The molecule has 0 aliphatic heterocycles. The van der Waals surface area contributed by atoms with Crippen molar-refractivity contribution >= 4 is 48.1 Å². The maximum Gasteiger partial charge on any atom is 0.319 e. The van der Waals surface area contributed by atoms with E-state index in [2.05, 4.69) is 21.0 Å². The molecule has 32 heavy (non-hydrogen) atoms. The molecule has 0 radical (unpaired) electrons. The number of carbonyl (C=O) groups excluding carboxylic acids is 1. The zero-order chi connectivity index (χ0) is 22.7. The Balaban J connectivity index is 1.59. The van der Waals surface area contributed by atoms with Gasteiger partial charge in [-0.3, -0.25) is 0 Å². The summed E-state index contributed by atoms with van der Waals surface area (Å²) in [5.41, 5.74) is 5.13. The lowest BCUT2D eigenvalue weighted by Crippen LogP contribution is -2.34. The van der Waals surface area contributed by atoms with E-state index in [4.69, 9.17) is 16.6 Å². The first-order chi connectivity index (χ1) is 15.4. The predicted octanol–water partition coefficient (Wildman–Crippen LogP) is 3.45. The molecule has 0 saturated carbocycles. The molecule has 2 aromatic carbocycles. The lowest BCUT2D eigenvalue weighted by Gasteiger charge is -2.13. The van der Waals surface area contributed by atoms with Gasteiger partial charge in [-0.1, -0.05) is 41.9 Å². The number of hydrogen-bond acceptors (Lipinski definition) is 4. The SMILES string of the molecule is Bc1cnn2c(NCc3cccc(NC(=O)NC(C)C)c3)cc(-c3ccccc3Cl)nc12. The maximum absolute atomic E-state index is 12.0. The van der Waals surface area contributed by atoms with Crippen LogP contribution in [0.1, 0.15) is 19.4 Å². The molecular weight excluding hydrogens is 423 g/mol. The van der Waals surface area contributed by atoms with Crippen LogP contribution in [0.5, 0.6) is 0 Å². The van der Waals surface area contributed by atoms with Crippen LogP contribution in [0, 0.1) is 0 Å². The zero-order valence-electron chi connectivity index (χ0n) is 18.2. The quantitative estimate of drug-likeness (QED) is 0.396. The average Bonchev–Trinajstić information content (AvgIpc) is 3.13. The second kappa shape index (κ2) is 9.32. The molecule has 4 aromatic rings. The topological polar surface area (TPSA) is 83.3 Å². The third-order valence-corrected chi connectivity index (χ3v) is 5.21. The highest BCUT2D eigenvalue weighted by molar-refractivity contribution is 6.36. The van der Waals surface area contributed by atoms with Crippen LogP contribution in [-0.2, 0) is 6.54 Å². The lowest BCUT2D eigenvalue weighted by molar-refractivity contribution is 0.250. The smallest absolute Gasteiger partial charge is 0.319 e. The second-order valence-corrected chi connectivity index (χ2v) is 8.28. The van der Waals surface area contributed by atoms with Gasteiger partial charge in [0.25, 0.3) is 0 Å². The van der Waals surface area contributed by atoms with Gasteiger partial charge in [0.15, 0.2) is 5.65 Å². The third kappa shape index (κ3) is 4.86. The highest BCUT2D eigenvalue weighted by Gasteiger charge is 2.12. The van der Waals surface area contributed by atoms with Crippen LogP contribution in [0.4, 0.5) is 16.3 Å². The summed E-state index contributed by atoms with van der Waals surface area (Å²) in [6.45, 7) is 4.38. The number of amides is 2. The van der Waals surface area contributed by atoms with Gasteiger partial charge < -0.3 is 16.0 Å². The molecule has 2 heterocycles. The molecule has 0 unspecified atom stereocenters. The molecule has 0 bridgehead atoms. The number of hydrogen-bond donors (Lipinski definition) is 3. The zero-order valence-corrected chi connectivity index (χ0v) is 18.9. The van der Waals surface area contributed by atoms with Crippen LogP contribution >= 0.6 is 11.6 Å². The van der Waals surface area contributed by atoms with E-state index in [1.807, 2.05) is 76.3 Å². The Morgan fingerprint density at radius 2 is 1.97 bits per heavy atom. The van der Waals surface area contributed by atoms with Crippen LogP contribution in [0.3, 0.4) is 0 Å². The first kappa shape index (κ1) is 21.7. The first-order valence-corrected chi connectivity index (χ1v) is 10.8. The number of fused-ring (bicyclic) bond motifs is 1. The van der Waals surface area contributed by atoms with E-state index in [9.17, 15) is 4.79 Å². The number of benzene rings is 2. The lowest BCUT2D eigenvalue weighted by atomic mass is 10.0. The molecule has 2 aromatic heterocycles. The molecule has 4 rings (SSSR count). The van der Waals surface area contributed by atoms with Gasteiger partial charge in [0.2, 0.25) is 0 Å². The van der Waals surface area contributed by atoms with Crippen LogP contribution in [0.15, 0.2) is 60.8 Å². The summed E-state index contributed by atoms with van der Waals surface area (Å²) in [4.78, 5) is 16.8. The minimum Gasteiger partial charge on any atom is -0.366 e. The standard InChI is InChI=1S/C23H24BClN6O/c1-14(2)28-23(32)29-16-7-5-6-15(10-16)12-26-21-11-20(17-8-3-4-9-19(17)25)30-22-18(24)13-27-31(21)22/h3-11,13-14,26H,12,24H2,1-2H3,(H2,28,29,32). The number of anilines is 2. The molecule has 0 aliphatic carbocycles. The van der Waals surface area contributed by atoms with Gasteiger partial charge in [-0.05, 0) is 43.1 Å². The van der Waals surface area contributed by atoms with Gasteiger partial charge in [-0.2, -0.15) is 9.61 Å². The first-order valence-electron chi connectivity index (χ1n) is 10.4. The van der Waals surface area contributed by atoms with Crippen LogP contribution in [0.2, 0.25) is 5.02 Å². The Morgan fingerprint density at radius 3 is 2.75 bits per heavy atom. The van der Waals surface area contributed by atoms with Crippen LogP contribution < -0.4 is 21.4 Å². The molecule has 9 heteroatoms. The largest absolute Gasteiger partial charge is 0.366 e. The minimum atomic E-state index is -0.225. The number of aromatic nitrogens is 3. The molecule has 0 aliphatic rings. The van der Waals surface area contributed by atoms with Crippen molar-refractivity contribution in [3.63, 3.8) is 0 Å². The van der Waals surface area contributed by atoms with E-state index in [-0.39, 0.29) is 12.1 Å². The van der Waals surface area contributed by atoms with Crippen molar-refractivity contribution in [2.45, 2.75) is 26.4 Å².